The molecule has 0 saturated carbocycles. The Morgan fingerprint density at radius 3 is 3.03 bits per heavy atom. The Balaban J connectivity index is 1.31. The molecule has 29 heavy (non-hydrogen) atoms. The number of aromatic nitrogens is 3. The van der Waals surface area contributed by atoms with E-state index in [4.69, 9.17) is 15.2 Å². The Morgan fingerprint density at radius 1 is 1.31 bits per heavy atom. The summed E-state index contributed by atoms with van der Waals surface area (Å²) in [6, 6.07) is 1.79. The molecule has 3 aliphatic heterocycles. The predicted molar refractivity (Wildman–Crippen MR) is 105 cm³/mol. The molecule has 1 spiro atoms. The van der Waals surface area contributed by atoms with Crippen LogP contribution in [0.5, 0.6) is 0 Å². The smallest absolute Gasteiger partial charge is 0.164 e. The number of hydrogen-bond acceptors (Lipinski definition) is 9. The molecule has 3 fully saturated rings. The summed E-state index contributed by atoms with van der Waals surface area (Å²) in [6.45, 7) is 4.72. The van der Waals surface area contributed by atoms with Gasteiger partial charge in [0.2, 0.25) is 0 Å². The van der Waals surface area contributed by atoms with Crippen molar-refractivity contribution < 1.29 is 19.7 Å². The first kappa shape index (κ1) is 19.2. The number of nitrogens with one attached hydrogen (secondary N) is 1. The SMILES string of the molecule is Nc1ncnc2c1ccn2[C@@H]1O[C@H](CN2CCCC3(CNCCO3)C2)[C@@H](O)[C@H]1O. The number of morpholine rings is 1. The fraction of sp³-hybridized carbons (Fsp3) is 0.684. The maximum atomic E-state index is 10.7. The van der Waals surface area contributed by atoms with Gasteiger partial charge in [-0.15, -0.1) is 0 Å². The third-order valence-electron chi connectivity index (χ3n) is 6.34. The quantitative estimate of drug-likeness (QED) is 0.513. The average Bonchev–Trinajstić information content (AvgIpc) is 3.26. The number of anilines is 1. The fourth-order valence-electron chi connectivity index (χ4n) is 4.88. The van der Waals surface area contributed by atoms with Gasteiger partial charge in [-0.25, -0.2) is 9.97 Å². The highest BCUT2D eigenvalue weighted by Gasteiger charge is 2.46. The van der Waals surface area contributed by atoms with Crippen molar-refractivity contribution in [3.05, 3.63) is 18.6 Å². The van der Waals surface area contributed by atoms with Gasteiger partial charge >= 0.3 is 0 Å². The number of aliphatic hydroxyl groups excluding tert-OH is 2. The summed E-state index contributed by atoms with van der Waals surface area (Å²) in [5, 5.41) is 25.5. The third-order valence-corrected chi connectivity index (χ3v) is 6.34. The van der Waals surface area contributed by atoms with E-state index in [0.29, 0.717) is 23.4 Å². The number of rotatable bonds is 3. The van der Waals surface area contributed by atoms with Crippen LogP contribution in [0.15, 0.2) is 18.6 Å². The number of hydrogen-bond donors (Lipinski definition) is 4. The number of ether oxygens (including phenoxy) is 2. The van der Waals surface area contributed by atoms with Crippen LogP contribution >= 0.6 is 0 Å². The Kier molecular flexibility index (Phi) is 4.93. The van der Waals surface area contributed by atoms with Crippen molar-refractivity contribution in [2.24, 2.45) is 0 Å². The summed E-state index contributed by atoms with van der Waals surface area (Å²) in [4.78, 5) is 10.5. The Morgan fingerprint density at radius 2 is 2.21 bits per heavy atom. The minimum atomic E-state index is -1.06. The van der Waals surface area contributed by atoms with Crippen LogP contribution in [0.1, 0.15) is 19.1 Å². The second-order valence-corrected chi connectivity index (χ2v) is 8.31. The van der Waals surface area contributed by atoms with Gasteiger partial charge in [0.05, 0.1) is 17.6 Å². The lowest BCUT2D eigenvalue weighted by Gasteiger charge is -2.45. The molecule has 3 aliphatic rings. The molecule has 5 heterocycles. The molecule has 5 atom stereocenters. The normalized spacial score (nSPS) is 36.2. The van der Waals surface area contributed by atoms with E-state index in [1.807, 2.05) is 0 Å². The topological polar surface area (TPSA) is 131 Å². The van der Waals surface area contributed by atoms with E-state index < -0.39 is 24.5 Å². The van der Waals surface area contributed by atoms with E-state index in [2.05, 4.69) is 20.2 Å². The molecule has 10 nitrogen and oxygen atoms in total. The first-order valence-electron chi connectivity index (χ1n) is 10.2. The third kappa shape index (κ3) is 3.39. The van der Waals surface area contributed by atoms with Gasteiger partial charge in [-0.1, -0.05) is 0 Å². The molecule has 2 aromatic rings. The van der Waals surface area contributed by atoms with Crippen molar-refractivity contribution in [3.63, 3.8) is 0 Å². The van der Waals surface area contributed by atoms with E-state index in [1.54, 1.807) is 16.8 Å². The maximum Gasteiger partial charge on any atom is 0.164 e. The molecule has 1 unspecified atom stereocenters. The van der Waals surface area contributed by atoms with E-state index in [-0.39, 0.29) is 5.60 Å². The second-order valence-electron chi connectivity index (χ2n) is 8.31. The highest BCUT2D eigenvalue weighted by Crippen LogP contribution is 2.34. The van der Waals surface area contributed by atoms with E-state index >= 15 is 0 Å². The van der Waals surface area contributed by atoms with Gasteiger partial charge in [0.1, 0.15) is 36.1 Å². The average molecular weight is 404 g/mol. The molecule has 0 aromatic carbocycles. The van der Waals surface area contributed by atoms with Gasteiger partial charge in [0.25, 0.3) is 0 Å². The van der Waals surface area contributed by atoms with Gasteiger partial charge in [-0.05, 0) is 25.5 Å². The van der Waals surface area contributed by atoms with Crippen LogP contribution in [-0.4, -0.2) is 92.9 Å². The molecule has 2 aromatic heterocycles. The highest BCUT2D eigenvalue weighted by atomic mass is 16.6. The molecule has 0 aliphatic carbocycles. The van der Waals surface area contributed by atoms with E-state index in [0.717, 1.165) is 45.6 Å². The number of likely N-dealkylation sites (tertiary alicyclic amines) is 1. The Hall–Kier alpha value is -1.82. The van der Waals surface area contributed by atoms with Gasteiger partial charge in [0, 0.05) is 32.4 Å². The second kappa shape index (κ2) is 7.46. The maximum absolute atomic E-state index is 10.7. The number of aliphatic hydroxyl groups is 2. The molecule has 5 rings (SSSR count). The molecule has 0 radical (unpaired) electrons. The standard InChI is InChI=1S/C19H28N6O4/c20-16-12-2-6-25(17(12)23-11-22-16)18-15(27)14(26)13(29-18)8-24-5-1-3-19(10-24)9-21-4-7-28-19/h2,6,11,13-15,18,21,26-27H,1,3-5,7-10H2,(H2,20,22,23)/t13-,14-,15-,18-,19?/m1/s1. The lowest BCUT2D eigenvalue weighted by atomic mass is 9.91. The van der Waals surface area contributed by atoms with Crippen molar-refractivity contribution in [2.45, 2.75) is 43.0 Å². The molecule has 5 N–H and O–H groups in total. The molecular formula is C19H28N6O4. The van der Waals surface area contributed by atoms with Crippen LogP contribution in [0.4, 0.5) is 5.82 Å². The summed E-state index contributed by atoms with van der Waals surface area (Å²) < 4.78 is 13.9. The van der Waals surface area contributed by atoms with Gasteiger partial charge in [0.15, 0.2) is 6.23 Å². The van der Waals surface area contributed by atoms with Crippen LogP contribution in [0.2, 0.25) is 0 Å². The summed E-state index contributed by atoms with van der Waals surface area (Å²) in [5.41, 5.74) is 6.32. The summed E-state index contributed by atoms with van der Waals surface area (Å²) in [6.07, 6.45) is 1.94. The molecule has 3 saturated heterocycles. The van der Waals surface area contributed by atoms with Crippen LogP contribution in [0.3, 0.4) is 0 Å². The predicted octanol–water partition coefficient (Wildman–Crippen LogP) is -0.913. The van der Waals surface area contributed by atoms with E-state index in [9.17, 15) is 10.2 Å². The lowest BCUT2D eigenvalue weighted by molar-refractivity contribution is -0.116. The van der Waals surface area contributed by atoms with Crippen LogP contribution < -0.4 is 11.1 Å². The number of nitrogen functional groups attached to an aromatic ring is 1. The molecule has 0 bridgehead atoms. The number of piperidine rings is 1. The van der Waals surface area contributed by atoms with Crippen molar-refractivity contribution in [1.82, 2.24) is 24.8 Å². The van der Waals surface area contributed by atoms with E-state index in [1.165, 1.54) is 6.33 Å². The lowest BCUT2D eigenvalue weighted by Crippen LogP contribution is -2.59. The Labute approximate surface area is 168 Å². The first-order chi connectivity index (χ1) is 14.1. The zero-order valence-electron chi connectivity index (χ0n) is 16.3. The molecule has 10 heteroatoms. The molecule has 158 valence electrons. The van der Waals surface area contributed by atoms with Gasteiger partial charge in [-0.3, -0.25) is 4.90 Å². The Bertz CT molecular complexity index is 864. The number of fused-ring (bicyclic) bond motifs is 1. The van der Waals surface area contributed by atoms with Crippen molar-refractivity contribution in [1.29, 1.82) is 0 Å². The molecule has 0 amide bonds. The highest BCUT2D eigenvalue weighted by molar-refractivity contribution is 5.86. The van der Waals surface area contributed by atoms with Crippen molar-refractivity contribution in [2.75, 3.05) is 45.1 Å². The van der Waals surface area contributed by atoms with Crippen molar-refractivity contribution >= 4 is 16.9 Å². The van der Waals surface area contributed by atoms with Gasteiger partial charge < -0.3 is 35.3 Å². The first-order valence-corrected chi connectivity index (χ1v) is 10.2. The van der Waals surface area contributed by atoms with Crippen LogP contribution in [-0.2, 0) is 9.47 Å². The van der Waals surface area contributed by atoms with Crippen LogP contribution in [0, 0.1) is 0 Å². The summed E-state index contributed by atoms with van der Waals surface area (Å²) in [7, 11) is 0. The monoisotopic (exact) mass is 404 g/mol. The molecular weight excluding hydrogens is 376 g/mol. The largest absolute Gasteiger partial charge is 0.387 e. The minimum absolute atomic E-state index is 0.164. The zero-order chi connectivity index (χ0) is 20.0. The van der Waals surface area contributed by atoms with Gasteiger partial charge in [-0.2, -0.15) is 0 Å². The zero-order valence-corrected chi connectivity index (χ0v) is 16.3. The minimum Gasteiger partial charge on any atom is -0.387 e. The number of nitrogens with zero attached hydrogens (tertiary/aromatic N) is 4. The fourth-order valence-corrected chi connectivity index (χ4v) is 4.88. The van der Waals surface area contributed by atoms with Crippen LogP contribution in [0.25, 0.3) is 11.0 Å². The summed E-state index contributed by atoms with van der Waals surface area (Å²) in [5.74, 6) is 0.373. The summed E-state index contributed by atoms with van der Waals surface area (Å²) >= 11 is 0. The van der Waals surface area contributed by atoms with Crippen molar-refractivity contribution in [3.8, 4) is 0 Å². The number of nitrogens with two attached hydrogens (primary N) is 1.